The van der Waals surface area contributed by atoms with Crippen molar-refractivity contribution in [3.8, 4) is 0 Å². The lowest BCUT2D eigenvalue weighted by atomic mass is 9.60. The summed E-state index contributed by atoms with van der Waals surface area (Å²) in [5, 5.41) is 11.3. The first-order chi connectivity index (χ1) is 9.43. The zero-order valence-electron chi connectivity index (χ0n) is 14.3. The summed E-state index contributed by atoms with van der Waals surface area (Å²) in [6, 6.07) is 0. The lowest BCUT2D eigenvalue weighted by Crippen LogP contribution is -2.47. The van der Waals surface area contributed by atoms with Crippen molar-refractivity contribution < 1.29 is 5.11 Å². The van der Waals surface area contributed by atoms with Crippen LogP contribution in [0.2, 0.25) is 0 Å². The maximum atomic E-state index is 11.3. The molecule has 0 radical (unpaired) electrons. The van der Waals surface area contributed by atoms with E-state index >= 15 is 0 Å². The van der Waals surface area contributed by atoms with Crippen LogP contribution in [0.4, 0.5) is 0 Å². The third-order valence-corrected chi connectivity index (χ3v) is 6.99. The van der Waals surface area contributed by atoms with Gasteiger partial charge in [-0.3, -0.25) is 0 Å². The topological polar surface area (TPSA) is 20.2 Å². The fourth-order valence-corrected chi connectivity index (χ4v) is 4.96. The maximum Gasteiger partial charge on any atom is 0.0678 e. The number of aliphatic hydroxyl groups is 1. The zero-order chi connectivity index (χ0) is 14.8. The van der Waals surface area contributed by atoms with Gasteiger partial charge >= 0.3 is 0 Å². The van der Waals surface area contributed by atoms with Crippen molar-refractivity contribution in [3.05, 3.63) is 0 Å². The van der Waals surface area contributed by atoms with Crippen molar-refractivity contribution in [3.63, 3.8) is 0 Å². The highest BCUT2D eigenvalue weighted by Gasteiger charge is 2.45. The van der Waals surface area contributed by atoms with E-state index in [0.29, 0.717) is 11.3 Å². The molecule has 118 valence electrons. The van der Waals surface area contributed by atoms with Gasteiger partial charge in [0.25, 0.3) is 0 Å². The Morgan fingerprint density at radius 3 is 2.15 bits per heavy atom. The van der Waals surface area contributed by atoms with E-state index < -0.39 is 0 Å². The molecule has 2 saturated carbocycles. The zero-order valence-corrected chi connectivity index (χ0v) is 14.3. The van der Waals surface area contributed by atoms with Crippen LogP contribution in [0.15, 0.2) is 0 Å². The first-order valence-corrected chi connectivity index (χ1v) is 9.15. The van der Waals surface area contributed by atoms with Crippen LogP contribution in [0.25, 0.3) is 0 Å². The second-order valence-corrected chi connectivity index (χ2v) is 8.28. The van der Waals surface area contributed by atoms with Gasteiger partial charge in [-0.1, -0.05) is 59.8 Å². The molecule has 0 aromatic carbocycles. The van der Waals surface area contributed by atoms with Crippen LogP contribution in [-0.2, 0) is 0 Å². The van der Waals surface area contributed by atoms with Crippen molar-refractivity contribution in [1.82, 2.24) is 0 Å². The van der Waals surface area contributed by atoms with Crippen LogP contribution in [0, 0.1) is 23.2 Å². The summed E-state index contributed by atoms with van der Waals surface area (Å²) >= 11 is 0. The maximum absolute atomic E-state index is 11.3. The van der Waals surface area contributed by atoms with Gasteiger partial charge in [0.1, 0.15) is 0 Å². The lowest BCUT2D eigenvalue weighted by Gasteiger charge is -2.49. The predicted octanol–water partition coefficient (Wildman–Crippen LogP) is 5.56. The molecule has 2 unspecified atom stereocenters. The smallest absolute Gasteiger partial charge is 0.0678 e. The van der Waals surface area contributed by atoms with Crippen molar-refractivity contribution in [2.75, 3.05) is 0 Å². The molecule has 20 heavy (non-hydrogen) atoms. The second-order valence-electron chi connectivity index (χ2n) is 8.28. The molecule has 0 spiro atoms. The summed E-state index contributed by atoms with van der Waals surface area (Å²) in [5.41, 5.74) is 0.124. The molecule has 0 aromatic rings. The van der Waals surface area contributed by atoms with Crippen molar-refractivity contribution >= 4 is 0 Å². The molecule has 1 nitrogen and oxygen atoms in total. The van der Waals surface area contributed by atoms with Gasteiger partial charge in [0.15, 0.2) is 0 Å². The molecule has 0 heterocycles. The Balaban J connectivity index is 2.00. The van der Waals surface area contributed by atoms with Crippen molar-refractivity contribution in [2.24, 2.45) is 23.2 Å². The Bertz CT molecular complexity index is 299. The van der Waals surface area contributed by atoms with E-state index in [1.165, 1.54) is 51.4 Å². The highest BCUT2D eigenvalue weighted by Crippen LogP contribution is 2.50. The molecule has 2 rings (SSSR count). The fourth-order valence-electron chi connectivity index (χ4n) is 4.96. The molecule has 1 N–H and O–H groups in total. The number of rotatable bonds is 4. The fraction of sp³-hybridized carbons (Fsp3) is 1.00. The summed E-state index contributed by atoms with van der Waals surface area (Å²) in [4.78, 5) is 0. The molecular weight excluding hydrogens is 244 g/mol. The predicted molar refractivity (Wildman–Crippen MR) is 86.7 cm³/mol. The molecule has 1 heteroatoms. The van der Waals surface area contributed by atoms with Gasteiger partial charge in [-0.2, -0.15) is 0 Å². The Kier molecular flexibility index (Phi) is 5.21. The quantitative estimate of drug-likeness (QED) is 0.714. The average Bonchev–Trinajstić information content (AvgIpc) is 2.47. The first-order valence-electron chi connectivity index (χ1n) is 9.15. The van der Waals surface area contributed by atoms with Crippen LogP contribution in [0.5, 0.6) is 0 Å². The third-order valence-electron chi connectivity index (χ3n) is 6.99. The molecule has 0 aliphatic heterocycles. The summed E-state index contributed by atoms with van der Waals surface area (Å²) in [6.07, 6.45) is 12.5. The van der Waals surface area contributed by atoms with Crippen molar-refractivity contribution in [1.29, 1.82) is 0 Å². The number of hydrogen-bond donors (Lipinski definition) is 1. The SMILES string of the molecule is CCC1CCCCC1C1(O)CCC(C(C)(C)CC)CC1. The minimum atomic E-state index is -0.332. The van der Waals surface area contributed by atoms with Gasteiger partial charge < -0.3 is 5.11 Å². The Morgan fingerprint density at radius 2 is 1.60 bits per heavy atom. The lowest BCUT2D eigenvalue weighted by molar-refractivity contribution is -0.0998. The molecular formula is C19H36O. The normalized spacial score (nSPS) is 39.8. The molecule has 2 aliphatic carbocycles. The van der Waals surface area contributed by atoms with E-state index in [1.807, 2.05) is 0 Å². The molecule has 0 aromatic heterocycles. The van der Waals surface area contributed by atoms with Crippen LogP contribution < -0.4 is 0 Å². The molecule has 2 atom stereocenters. The second kappa shape index (κ2) is 6.38. The van der Waals surface area contributed by atoms with Crippen LogP contribution in [0.1, 0.15) is 91.9 Å². The van der Waals surface area contributed by atoms with E-state index in [-0.39, 0.29) is 5.60 Å². The molecule has 2 fully saturated rings. The third kappa shape index (κ3) is 3.24. The summed E-state index contributed by atoms with van der Waals surface area (Å²) < 4.78 is 0. The van der Waals surface area contributed by atoms with E-state index in [2.05, 4.69) is 27.7 Å². The van der Waals surface area contributed by atoms with E-state index in [4.69, 9.17) is 0 Å². The van der Waals surface area contributed by atoms with E-state index in [9.17, 15) is 5.11 Å². The summed E-state index contributed by atoms with van der Waals surface area (Å²) in [6.45, 7) is 9.46. The minimum Gasteiger partial charge on any atom is -0.390 e. The Hall–Kier alpha value is -0.0400. The number of hydrogen-bond acceptors (Lipinski definition) is 1. The summed E-state index contributed by atoms with van der Waals surface area (Å²) in [5.74, 6) is 2.19. The first kappa shape index (κ1) is 16.3. The highest BCUT2D eigenvalue weighted by molar-refractivity contribution is 4.97. The van der Waals surface area contributed by atoms with E-state index in [0.717, 1.165) is 24.7 Å². The molecule has 0 saturated heterocycles. The van der Waals surface area contributed by atoms with Crippen molar-refractivity contribution in [2.45, 2.75) is 97.5 Å². The minimum absolute atomic E-state index is 0.332. The van der Waals surface area contributed by atoms with Crippen LogP contribution in [0.3, 0.4) is 0 Å². The van der Waals surface area contributed by atoms with Gasteiger partial charge in [0, 0.05) is 0 Å². The van der Waals surface area contributed by atoms with Crippen LogP contribution in [-0.4, -0.2) is 10.7 Å². The van der Waals surface area contributed by atoms with Gasteiger partial charge in [-0.15, -0.1) is 0 Å². The largest absolute Gasteiger partial charge is 0.390 e. The molecule has 0 bridgehead atoms. The van der Waals surface area contributed by atoms with Gasteiger partial charge in [0.2, 0.25) is 0 Å². The van der Waals surface area contributed by atoms with E-state index in [1.54, 1.807) is 0 Å². The summed E-state index contributed by atoms with van der Waals surface area (Å²) in [7, 11) is 0. The van der Waals surface area contributed by atoms with Crippen LogP contribution >= 0.6 is 0 Å². The van der Waals surface area contributed by atoms with Gasteiger partial charge in [-0.05, 0) is 55.3 Å². The highest BCUT2D eigenvalue weighted by atomic mass is 16.3. The van der Waals surface area contributed by atoms with Gasteiger partial charge in [-0.25, -0.2) is 0 Å². The monoisotopic (exact) mass is 280 g/mol. The molecule has 0 amide bonds. The van der Waals surface area contributed by atoms with Gasteiger partial charge in [0.05, 0.1) is 5.60 Å². The molecule has 2 aliphatic rings. The Morgan fingerprint density at radius 1 is 1.00 bits per heavy atom. The standard InChI is InChI=1S/C19H36O/c1-5-15-9-7-8-10-17(15)19(20)13-11-16(12-14-19)18(3,4)6-2/h15-17,20H,5-14H2,1-4H3. The average molecular weight is 280 g/mol. The Labute approximate surface area is 126 Å².